The van der Waals surface area contributed by atoms with E-state index in [-0.39, 0.29) is 12.0 Å². The standard InChI is InChI=1S/C14H17N3O2/c1-3-11(15-2)14-16-13(17-19-14)10-8-18-12-7-5-4-6-9(10)12/h4-7,10-11,15H,3,8H2,1-2H3. The van der Waals surface area contributed by atoms with Crippen LogP contribution in [-0.4, -0.2) is 23.8 Å². The fourth-order valence-electron chi connectivity index (χ4n) is 2.41. The first-order valence-electron chi connectivity index (χ1n) is 6.56. The quantitative estimate of drug-likeness (QED) is 0.912. The van der Waals surface area contributed by atoms with Crippen molar-refractivity contribution in [3.63, 3.8) is 0 Å². The van der Waals surface area contributed by atoms with Gasteiger partial charge in [0.05, 0.1) is 12.0 Å². The average molecular weight is 259 g/mol. The molecule has 1 aliphatic rings. The van der Waals surface area contributed by atoms with Gasteiger partial charge in [0.15, 0.2) is 5.82 Å². The molecule has 1 aromatic carbocycles. The van der Waals surface area contributed by atoms with E-state index in [1.54, 1.807) is 0 Å². The third kappa shape index (κ3) is 2.10. The second-order valence-corrected chi connectivity index (χ2v) is 4.64. The summed E-state index contributed by atoms with van der Waals surface area (Å²) in [6.07, 6.45) is 0.913. The van der Waals surface area contributed by atoms with Crippen LogP contribution in [0.2, 0.25) is 0 Å². The maximum atomic E-state index is 5.65. The number of benzene rings is 1. The number of ether oxygens (including phenoxy) is 1. The number of aromatic nitrogens is 2. The molecule has 0 fully saturated rings. The monoisotopic (exact) mass is 259 g/mol. The van der Waals surface area contributed by atoms with Gasteiger partial charge in [-0.1, -0.05) is 30.3 Å². The highest BCUT2D eigenvalue weighted by Crippen LogP contribution is 2.36. The van der Waals surface area contributed by atoms with Gasteiger partial charge >= 0.3 is 0 Å². The molecular formula is C14H17N3O2. The largest absolute Gasteiger partial charge is 0.492 e. The molecule has 0 spiro atoms. The molecule has 0 amide bonds. The van der Waals surface area contributed by atoms with E-state index in [4.69, 9.17) is 9.26 Å². The van der Waals surface area contributed by atoms with Gasteiger partial charge in [0.1, 0.15) is 12.4 Å². The van der Waals surface area contributed by atoms with Crippen molar-refractivity contribution >= 4 is 0 Å². The van der Waals surface area contributed by atoms with Crippen LogP contribution in [0.1, 0.15) is 42.6 Å². The van der Waals surface area contributed by atoms with Crippen molar-refractivity contribution in [1.82, 2.24) is 15.5 Å². The highest BCUT2D eigenvalue weighted by atomic mass is 16.5. The Labute approximate surface area is 112 Å². The number of rotatable bonds is 4. The number of nitrogens with one attached hydrogen (secondary N) is 1. The summed E-state index contributed by atoms with van der Waals surface area (Å²) in [5, 5.41) is 7.27. The highest BCUT2D eigenvalue weighted by Gasteiger charge is 2.30. The lowest BCUT2D eigenvalue weighted by molar-refractivity contribution is 0.320. The Balaban J connectivity index is 1.88. The van der Waals surface area contributed by atoms with Crippen LogP contribution in [0.25, 0.3) is 0 Å². The minimum atomic E-state index is 0.0723. The third-order valence-corrected chi connectivity index (χ3v) is 3.52. The van der Waals surface area contributed by atoms with Gasteiger partial charge in [-0.2, -0.15) is 4.98 Å². The first-order chi connectivity index (χ1) is 9.33. The summed E-state index contributed by atoms with van der Waals surface area (Å²) in [6, 6.07) is 8.11. The van der Waals surface area contributed by atoms with Crippen LogP contribution in [0.15, 0.2) is 28.8 Å². The molecule has 2 unspecified atom stereocenters. The Hall–Kier alpha value is -1.88. The van der Waals surface area contributed by atoms with Gasteiger partial charge in [0.25, 0.3) is 0 Å². The molecule has 1 aliphatic heterocycles. The van der Waals surface area contributed by atoms with E-state index in [1.165, 1.54) is 0 Å². The van der Waals surface area contributed by atoms with Crippen molar-refractivity contribution in [2.75, 3.05) is 13.7 Å². The van der Waals surface area contributed by atoms with Gasteiger partial charge in [-0.25, -0.2) is 0 Å². The predicted octanol–water partition coefficient (Wildman–Crippen LogP) is 2.26. The zero-order chi connectivity index (χ0) is 13.2. The molecule has 19 heavy (non-hydrogen) atoms. The zero-order valence-electron chi connectivity index (χ0n) is 11.1. The minimum absolute atomic E-state index is 0.0723. The van der Waals surface area contributed by atoms with Gasteiger partial charge in [-0.3, -0.25) is 0 Å². The molecule has 2 heterocycles. The summed E-state index contributed by atoms with van der Waals surface area (Å²) >= 11 is 0. The van der Waals surface area contributed by atoms with Crippen molar-refractivity contribution in [3.8, 4) is 5.75 Å². The van der Waals surface area contributed by atoms with E-state index in [9.17, 15) is 0 Å². The Morgan fingerprint density at radius 2 is 2.26 bits per heavy atom. The molecular weight excluding hydrogens is 242 g/mol. The van der Waals surface area contributed by atoms with Gasteiger partial charge in [0.2, 0.25) is 5.89 Å². The molecule has 5 heteroatoms. The Morgan fingerprint density at radius 1 is 1.42 bits per heavy atom. The van der Waals surface area contributed by atoms with Gasteiger partial charge in [-0.15, -0.1) is 0 Å². The number of para-hydroxylation sites is 1. The van der Waals surface area contributed by atoms with E-state index >= 15 is 0 Å². The van der Waals surface area contributed by atoms with E-state index in [0.717, 1.165) is 17.7 Å². The Kier molecular flexibility index (Phi) is 3.21. The molecule has 0 saturated heterocycles. The molecule has 0 aliphatic carbocycles. The smallest absolute Gasteiger partial charge is 0.243 e. The molecule has 5 nitrogen and oxygen atoms in total. The van der Waals surface area contributed by atoms with Crippen LogP contribution in [0.3, 0.4) is 0 Å². The Morgan fingerprint density at radius 3 is 3.05 bits per heavy atom. The summed E-state index contributed by atoms with van der Waals surface area (Å²) in [5.74, 6) is 2.33. The lowest BCUT2D eigenvalue weighted by Gasteiger charge is -2.07. The van der Waals surface area contributed by atoms with Crippen molar-refractivity contribution in [3.05, 3.63) is 41.5 Å². The maximum Gasteiger partial charge on any atom is 0.243 e. The normalized spacial score (nSPS) is 18.9. The van der Waals surface area contributed by atoms with Crippen LogP contribution in [0, 0.1) is 0 Å². The zero-order valence-corrected chi connectivity index (χ0v) is 11.1. The van der Waals surface area contributed by atoms with Crippen LogP contribution in [0.4, 0.5) is 0 Å². The fraction of sp³-hybridized carbons (Fsp3) is 0.429. The van der Waals surface area contributed by atoms with Crippen molar-refractivity contribution < 1.29 is 9.26 Å². The number of hydrogen-bond donors (Lipinski definition) is 1. The maximum absolute atomic E-state index is 5.65. The number of hydrogen-bond acceptors (Lipinski definition) is 5. The third-order valence-electron chi connectivity index (χ3n) is 3.52. The average Bonchev–Trinajstić information content (AvgIpc) is 3.06. The lowest BCUT2D eigenvalue weighted by Crippen LogP contribution is -2.15. The van der Waals surface area contributed by atoms with Crippen molar-refractivity contribution in [2.45, 2.75) is 25.3 Å². The topological polar surface area (TPSA) is 60.2 Å². The highest BCUT2D eigenvalue weighted by molar-refractivity contribution is 5.42. The number of fused-ring (bicyclic) bond motifs is 1. The SMILES string of the molecule is CCC(NC)c1nc(C2COc3ccccc32)no1. The molecule has 100 valence electrons. The van der Waals surface area contributed by atoms with Crippen LogP contribution in [-0.2, 0) is 0 Å². The minimum Gasteiger partial charge on any atom is -0.492 e. The number of nitrogens with zero attached hydrogens (tertiary/aromatic N) is 2. The molecule has 0 bridgehead atoms. The van der Waals surface area contributed by atoms with Gasteiger partial charge in [-0.05, 0) is 19.5 Å². The summed E-state index contributed by atoms with van der Waals surface area (Å²) in [5.41, 5.74) is 1.13. The van der Waals surface area contributed by atoms with E-state index in [2.05, 4.69) is 28.4 Å². The van der Waals surface area contributed by atoms with Crippen molar-refractivity contribution in [1.29, 1.82) is 0 Å². The summed E-state index contributed by atoms with van der Waals surface area (Å²) in [4.78, 5) is 4.51. The van der Waals surface area contributed by atoms with E-state index < -0.39 is 0 Å². The van der Waals surface area contributed by atoms with Crippen LogP contribution >= 0.6 is 0 Å². The Bertz CT molecular complexity index is 563. The summed E-state index contributed by atoms with van der Waals surface area (Å²) in [6.45, 7) is 2.66. The molecule has 1 N–H and O–H groups in total. The predicted molar refractivity (Wildman–Crippen MR) is 70.2 cm³/mol. The molecule has 2 atom stereocenters. The lowest BCUT2D eigenvalue weighted by atomic mass is 10.0. The summed E-state index contributed by atoms with van der Waals surface area (Å²) < 4.78 is 11.0. The second-order valence-electron chi connectivity index (χ2n) is 4.64. The first kappa shape index (κ1) is 12.2. The molecule has 2 aromatic rings. The first-order valence-corrected chi connectivity index (χ1v) is 6.56. The summed E-state index contributed by atoms with van der Waals surface area (Å²) in [7, 11) is 1.89. The van der Waals surface area contributed by atoms with Gasteiger partial charge < -0.3 is 14.6 Å². The van der Waals surface area contributed by atoms with Crippen LogP contribution in [0.5, 0.6) is 5.75 Å². The van der Waals surface area contributed by atoms with E-state index in [1.807, 2.05) is 25.2 Å². The molecule has 1 aromatic heterocycles. The van der Waals surface area contributed by atoms with Crippen molar-refractivity contribution in [2.24, 2.45) is 0 Å². The molecule has 3 rings (SSSR count). The molecule has 0 saturated carbocycles. The second kappa shape index (κ2) is 5.01. The van der Waals surface area contributed by atoms with E-state index in [0.29, 0.717) is 18.3 Å². The molecule has 0 radical (unpaired) electrons. The fourth-order valence-corrected chi connectivity index (χ4v) is 2.41. The van der Waals surface area contributed by atoms with Gasteiger partial charge in [0, 0.05) is 5.56 Å². The van der Waals surface area contributed by atoms with Crippen LogP contribution < -0.4 is 10.1 Å².